The highest BCUT2D eigenvalue weighted by Gasteiger charge is 2.31. The van der Waals surface area contributed by atoms with Gasteiger partial charge in [0.15, 0.2) is 0 Å². The molecule has 0 N–H and O–H groups in total. The summed E-state index contributed by atoms with van der Waals surface area (Å²) in [5.74, 6) is -0.390. The second kappa shape index (κ2) is 7.51. The van der Waals surface area contributed by atoms with E-state index in [1.807, 2.05) is 17.9 Å². The van der Waals surface area contributed by atoms with Gasteiger partial charge in [0.1, 0.15) is 0 Å². The minimum absolute atomic E-state index is 0.0478. The molecule has 2 heterocycles. The monoisotopic (exact) mass is 361 g/mol. The first kappa shape index (κ1) is 18.5. The molecular weight excluding hydrogens is 334 g/mol. The summed E-state index contributed by atoms with van der Waals surface area (Å²) in [6, 6.07) is 2.55. The Morgan fingerprint density at radius 3 is 2.23 bits per heavy atom. The fraction of sp³-hybridized carbons (Fsp3) is 0.632. The number of hydrogen-bond acceptors (Lipinski definition) is 4. The van der Waals surface area contributed by atoms with E-state index in [1.165, 1.54) is 20.0 Å². The van der Waals surface area contributed by atoms with Crippen molar-refractivity contribution in [2.24, 2.45) is 0 Å². The maximum absolute atomic E-state index is 12.9. The highest BCUT2D eigenvalue weighted by molar-refractivity contribution is 5.96. The fourth-order valence-corrected chi connectivity index (χ4v) is 3.69. The van der Waals surface area contributed by atoms with Crippen LogP contribution in [0.25, 0.3) is 0 Å². The van der Waals surface area contributed by atoms with Crippen LogP contribution in [-0.2, 0) is 14.3 Å². The van der Waals surface area contributed by atoms with Gasteiger partial charge < -0.3 is 19.1 Å². The minimum Gasteiger partial charge on any atom is -0.469 e. The molecule has 1 aromatic heterocycles. The van der Waals surface area contributed by atoms with Crippen molar-refractivity contribution in [2.45, 2.75) is 45.6 Å². The smallest absolute Gasteiger partial charge is 0.306 e. The SMILES string of the molecule is COC(=O)CCC(=O)N1CCN(C(=O)c2cc(C)n(C3CC3)c2C)CC1. The summed E-state index contributed by atoms with van der Waals surface area (Å²) in [6.07, 6.45) is 2.64. The van der Waals surface area contributed by atoms with Crippen LogP contribution in [-0.4, -0.2) is 65.4 Å². The third kappa shape index (κ3) is 3.76. The molecule has 0 atom stereocenters. The first-order valence-electron chi connectivity index (χ1n) is 9.24. The van der Waals surface area contributed by atoms with Gasteiger partial charge in [-0.15, -0.1) is 0 Å². The number of nitrogens with zero attached hydrogens (tertiary/aromatic N) is 3. The zero-order valence-corrected chi connectivity index (χ0v) is 15.8. The van der Waals surface area contributed by atoms with Crippen molar-refractivity contribution in [3.8, 4) is 0 Å². The summed E-state index contributed by atoms with van der Waals surface area (Å²) in [4.78, 5) is 39.8. The average Bonchev–Trinajstić information content (AvgIpc) is 3.43. The molecule has 1 aliphatic carbocycles. The quantitative estimate of drug-likeness (QED) is 0.748. The van der Waals surface area contributed by atoms with Gasteiger partial charge in [-0.2, -0.15) is 0 Å². The summed E-state index contributed by atoms with van der Waals surface area (Å²) >= 11 is 0. The number of ether oxygens (including phenoxy) is 1. The third-order valence-corrected chi connectivity index (χ3v) is 5.32. The van der Waals surface area contributed by atoms with Crippen LogP contribution in [0.4, 0.5) is 0 Å². The van der Waals surface area contributed by atoms with Crippen LogP contribution >= 0.6 is 0 Å². The molecule has 2 amide bonds. The maximum atomic E-state index is 12.9. The molecule has 0 spiro atoms. The number of carbonyl (C=O) groups excluding carboxylic acids is 3. The molecule has 0 bridgehead atoms. The first-order valence-corrected chi connectivity index (χ1v) is 9.24. The molecule has 1 saturated heterocycles. The van der Waals surface area contributed by atoms with E-state index in [0.717, 1.165) is 17.0 Å². The van der Waals surface area contributed by atoms with E-state index in [4.69, 9.17) is 0 Å². The number of rotatable bonds is 5. The van der Waals surface area contributed by atoms with E-state index in [1.54, 1.807) is 4.90 Å². The van der Waals surface area contributed by atoms with Crippen LogP contribution in [0.2, 0.25) is 0 Å². The maximum Gasteiger partial charge on any atom is 0.306 e. The predicted molar refractivity (Wildman–Crippen MR) is 95.9 cm³/mol. The van der Waals surface area contributed by atoms with E-state index in [0.29, 0.717) is 32.2 Å². The van der Waals surface area contributed by atoms with E-state index in [9.17, 15) is 14.4 Å². The second-order valence-corrected chi connectivity index (χ2v) is 7.14. The van der Waals surface area contributed by atoms with Crippen molar-refractivity contribution in [2.75, 3.05) is 33.3 Å². The Kier molecular flexibility index (Phi) is 5.34. The van der Waals surface area contributed by atoms with E-state index in [2.05, 4.69) is 16.2 Å². The molecule has 1 saturated carbocycles. The number of methoxy groups -OCH3 is 1. The zero-order valence-electron chi connectivity index (χ0n) is 15.8. The average molecular weight is 361 g/mol. The van der Waals surface area contributed by atoms with Gasteiger partial charge in [0.05, 0.1) is 19.1 Å². The van der Waals surface area contributed by atoms with Crippen LogP contribution in [0.3, 0.4) is 0 Å². The highest BCUT2D eigenvalue weighted by Crippen LogP contribution is 2.38. The molecule has 2 aliphatic rings. The van der Waals surface area contributed by atoms with Gasteiger partial charge in [-0.05, 0) is 32.8 Å². The molecular formula is C19H27N3O4. The summed E-state index contributed by atoms with van der Waals surface area (Å²) in [5, 5.41) is 0. The van der Waals surface area contributed by atoms with E-state index in [-0.39, 0.29) is 30.6 Å². The van der Waals surface area contributed by atoms with Gasteiger partial charge in [-0.25, -0.2) is 0 Å². The van der Waals surface area contributed by atoms with Crippen molar-refractivity contribution in [3.05, 3.63) is 23.0 Å². The zero-order chi connectivity index (χ0) is 18.8. The van der Waals surface area contributed by atoms with Gasteiger partial charge in [-0.3, -0.25) is 14.4 Å². The van der Waals surface area contributed by atoms with E-state index >= 15 is 0 Å². The molecule has 2 fully saturated rings. The Bertz CT molecular complexity index is 713. The molecule has 142 valence electrons. The third-order valence-electron chi connectivity index (χ3n) is 5.32. The molecule has 7 nitrogen and oxygen atoms in total. The van der Waals surface area contributed by atoms with Crippen molar-refractivity contribution >= 4 is 17.8 Å². The predicted octanol–water partition coefficient (Wildman–Crippen LogP) is 1.68. The lowest BCUT2D eigenvalue weighted by molar-refractivity contribution is -0.143. The Labute approximate surface area is 153 Å². The summed E-state index contributed by atoms with van der Waals surface area (Å²) in [5.41, 5.74) is 2.97. The molecule has 7 heteroatoms. The number of aryl methyl sites for hydroxylation is 1. The summed E-state index contributed by atoms with van der Waals surface area (Å²) in [7, 11) is 1.32. The van der Waals surface area contributed by atoms with Crippen LogP contribution in [0.5, 0.6) is 0 Å². The van der Waals surface area contributed by atoms with Crippen molar-refractivity contribution in [1.82, 2.24) is 14.4 Å². The molecule has 0 aromatic carbocycles. The molecule has 26 heavy (non-hydrogen) atoms. The lowest BCUT2D eigenvalue weighted by Gasteiger charge is -2.34. The van der Waals surface area contributed by atoms with Crippen LogP contribution < -0.4 is 0 Å². The summed E-state index contributed by atoms with van der Waals surface area (Å²) < 4.78 is 6.84. The number of esters is 1. The first-order chi connectivity index (χ1) is 12.4. The van der Waals surface area contributed by atoms with Gasteiger partial charge in [0.25, 0.3) is 5.91 Å². The number of piperazine rings is 1. The summed E-state index contributed by atoms with van der Waals surface area (Å²) in [6.45, 7) is 6.14. The molecule has 3 rings (SSSR count). The Morgan fingerprint density at radius 1 is 1.04 bits per heavy atom. The number of hydrogen-bond donors (Lipinski definition) is 0. The van der Waals surface area contributed by atoms with Crippen LogP contribution in [0.15, 0.2) is 6.07 Å². The van der Waals surface area contributed by atoms with Crippen LogP contribution in [0, 0.1) is 13.8 Å². The van der Waals surface area contributed by atoms with Crippen molar-refractivity contribution in [1.29, 1.82) is 0 Å². The van der Waals surface area contributed by atoms with Gasteiger partial charge >= 0.3 is 5.97 Å². The largest absolute Gasteiger partial charge is 0.469 e. The standard InChI is InChI=1S/C19H27N3O4/c1-13-12-16(14(2)22(13)15-4-5-15)19(25)21-10-8-20(9-11-21)17(23)6-7-18(24)26-3/h12,15H,4-11H2,1-3H3. The molecule has 1 aliphatic heterocycles. The lowest BCUT2D eigenvalue weighted by atomic mass is 10.2. The van der Waals surface area contributed by atoms with Crippen molar-refractivity contribution < 1.29 is 19.1 Å². The van der Waals surface area contributed by atoms with Crippen molar-refractivity contribution in [3.63, 3.8) is 0 Å². The Morgan fingerprint density at radius 2 is 1.65 bits per heavy atom. The fourth-order valence-electron chi connectivity index (χ4n) is 3.69. The second-order valence-electron chi connectivity index (χ2n) is 7.14. The number of amides is 2. The van der Waals surface area contributed by atoms with Gasteiger partial charge in [0.2, 0.25) is 5.91 Å². The van der Waals surface area contributed by atoms with E-state index < -0.39 is 0 Å². The number of aromatic nitrogens is 1. The molecule has 0 radical (unpaired) electrons. The highest BCUT2D eigenvalue weighted by atomic mass is 16.5. The minimum atomic E-state index is -0.377. The molecule has 1 aromatic rings. The number of carbonyl (C=O) groups is 3. The molecule has 0 unspecified atom stereocenters. The Hall–Kier alpha value is -2.31. The topological polar surface area (TPSA) is 71.9 Å². The Balaban J connectivity index is 1.56. The lowest BCUT2D eigenvalue weighted by Crippen LogP contribution is -2.50. The van der Waals surface area contributed by atoms with Gasteiger partial charge in [0, 0.05) is 50.0 Å². The van der Waals surface area contributed by atoms with Gasteiger partial charge in [-0.1, -0.05) is 0 Å². The normalized spacial score (nSPS) is 17.3. The van der Waals surface area contributed by atoms with Crippen LogP contribution in [0.1, 0.15) is 53.5 Å².